The van der Waals surface area contributed by atoms with Gasteiger partial charge in [0, 0.05) is 19.6 Å². The number of thiazole rings is 1. The second-order valence-corrected chi connectivity index (χ2v) is 7.90. The average Bonchev–Trinajstić information content (AvgIpc) is 2.97. The van der Waals surface area contributed by atoms with Gasteiger partial charge in [-0.15, -0.1) is 0 Å². The summed E-state index contributed by atoms with van der Waals surface area (Å²) in [5, 5.41) is 0. The van der Waals surface area contributed by atoms with Gasteiger partial charge in [0.1, 0.15) is 5.82 Å². The molecule has 1 aliphatic rings. The number of benzene rings is 1. The first kappa shape index (κ1) is 19.2. The number of halogens is 1. The van der Waals surface area contributed by atoms with Crippen LogP contribution in [0.25, 0.3) is 10.2 Å². The molecule has 0 bridgehead atoms. The van der Waals surface area contributed by atoms with Crippen molar-refractivity contribution in [1.82, 2.24) is 4.57 Å². The molecule has 0 aliphatic heterocycles. The zero-order valence-corrected chi connectivity index (χ0v) is 16.2. The summed E-state index contributed by atoms with van der Waals surface area (Å²) < 4.78 is 21.8. The molecule has 0 N–H and O–H groups in total. The molecule has 1 heterocycles. The molecule has 0 spiro atoms. The molecule has 1 aromatic carbocycles. The highest BCUT2D eigenvalue weighted by Crippen LogP contribution is 2.27. The van der Waals surface area contributed by atoms with Crippen molar-refractivity contribution in [1.29, 1.82) is 0 Å². The highest BCUT2D eigenvalue weighted by molar-refractivity contribution is 7.16. The lowest BCUT2D eigenvalue weighted by atomic mass is 9.86. The van der Waals surface area contributed by atoms with Gasteiger partial charge < -0.3 is 9.30 Å². The van der Waals surface area contributed by atoms with Gasteiger partial charge in [0.15, 0.2) is 4.80 Å². The van der Waals surface area contributed by atoms with E-state index in [0.29, 0.717) is 36.9 Å². The second-order valence-electron chi connectivity index (χ2n) is 6.89. The van der Waals surface area contributed by atoms with Crippen molar-refractivity contribution in [3.63, 3.8) is 0 Å². The fourth-order valence-electron chi connectivity index (χ4n) is 3.61. The second kappa shape index (κ2) is 9.42. The van der Waals surface area contributed by atoms with Crippen LogP contribution in [0.5, 0.6) is 0 Å². The van der Waals surface area contributed by atoms with Crippen LogP contribution in [0.3, 0.4) is 0 Å². The minimum atomic E-state index is -0.272. The van der Waals surface area contributed by atoms with Gasteiger partial charge in [-0.25, -0.2) is 4.39 Å². The summed E-state index contributed by atoms with van der Waals surface area (Å²) in [6.07, 6.45) is 7.81. The Bertz CT molecular complexity index is 806. The van der Waals surface area contributed by atoms with Crippen LogP contribution in [-0.4, -0.2) is 23.7 Å². The average molecular weight is 379 g/mol. The number of amides is 1. The number of hydrogen-bond donors (Lipinski definition) is 0. The van der Waals surface area contributed by atoms with Gasteiger partial charge in [-0.2, -0.15) is 4.99 Å². The Morgan fingerprint density at radius 1 is 1.35 bits per heavy atom. The SMILES string of the molecule is CCOCCn1c(=NC(=O)CCC2CCCCC2)sc2cc(F)ccc21. The monoisotopic (exact) mass is 378 g/mol. The number of carbonyl (C=O) groups is 1. The van der Waals surface area contributed by atoms with E-state index in [1.807, 2.05) is 11.5 Å². The summed E-state index contributed by atoms with van der Waals surface area (Å²) in [6.45, 7) is 3.74. The van der Waals surface area contributed by atoms with E-state index in [4.69, 9.17) is 4.74 Å². The standard InChI is InChI=1S/C20H27FN2O2S/c1-2-25-13-12-23-17-10-9-16(21)14-18(17)26-20(23)22-19(24)11-8-15-6-4-3-5-7-15/h9-10,14-15H,2-8,11-13H2,1H3. The predicted molar refractivity (Wildman–Crippen MR) is 103 cm³/mol. The van der Waals surface area contributed by atoms with Crippen LogP contribution in [0.15, 0.2) is 23.2 Å². The summed E-state index contributed by atoms with van der Waals surface area (Å²) in [4.78, 5) is 17.4. The minimum absolute atomic E-state index is 0.0761. The number of fused-ring (bicyclic) bond motifs is 1. The number of carbonyl (C=O) groups excluding carboxylic acids is 1. The minimum Gasteiger partial charge on any atom is -0.380 e. The highest BCUT2D eigenvalue weighted by atomic mass is 32.1. The first-order chi connectivity index (χ1) is 12.7. The smallest absolute Gasteiger partial charge is 0.248 e. The van der Waals surface area contributed by atoms with Crippen LogP contribution >= 0.6 is 11.3 Å². The molecule has 0 unspecified atom stereocenters. The van der Waals surface area contributed by atoms with Gasteiger partial charge >= 0.3 is 0 Å². The maximum absolute atomic E-state index is 13.5. The van der Waals surface area contributed by atoms with Gasteiger partial charge in [-0.3, -0.25) is 4.79 Å². The first-order valence-electron chi connectivity index (χ1n) is 9.61. The lowest BCUT2D eigenvalue weighted by Crippen LogP contribution is -2.20. The fourth-order valence-corrected chi connectivity index (χ4v) is 4.71. The molecule has 26 heavy (non-hydrogen) atoms. The molecule has 3 rings (SSSR count). The summed E-state index contributed by atoms with van der Waals surface area (Å²) >= 11 is 1.37. The normalized spacial score (nSPS) is 16.5. The Morgan fingerprint density at radius 3 is 2.92 bits per heavy atom. The molecule has 4 nitrogen and oxygen atoms in total. The lowest BCUT2D eigenvalue weighted by molar-refractivity contribution is -0.118. The van der Waals surface area contributed by atoms with Crippen molar-refractivity contribution in [3.05, 3.63) is 28.8 Å². The Labute approximate surface area is 157 Å². The lowest BCUT2D eigenvalue weighted by Gasteiger charge is -2.20. The summed E-state index contributed by atoms with van der Waals surface area (Å²) in [7, 11) is 0. The molecule has 0 saturated heterocycles. The predicted octanol–water partition coefficient (Wildman–Crippen LogP) is 4.67. The number of hydrogen-bond acceptors (Lipinski definition) is 3. The molecule has 1 aliphatic carbocycles. The Kier molecular flexibility index (Phi) is 6.97. The van der Waals surface area contributed by atoms with Crippen LogP contribution in [0.1, 0.15) is 51.9 Å². The molecule has 2 aromatic rings. The number of ether oxygens (including phenoxy) is 1. The summed E-state index contributed by atoms with van der Waals surface area (Å²) in [6, 6.07) is 4.70. The fraction of sp³-hybridized carbons (Fsp3) is 0.600. The third-order valence-corrected chi connectivity index (χ3v) is 6.06. The van der Waals surface area contributed by atoms with Crippen molar-refractivity contribution in [2.75, 3.05) is 13.2 Å². The highest BCUT2D eigenvalue weighted by Gasteiger charge is 2.15. The van der Waals surface area contributed by atoms with Crippen LogP contribution in [0.4, 0.5) is 4.39 Å². The van der Waals surface area contributed by atoms with Gasteiger partial charge in [0.05, 0.1) is 16.8 Å². The Balaban J connectivity index is 1.78. The molecule has 6 heteroatoms. The molecular weight excluding hydrogens is 351 g/mol. The van der Waals surface area contributed by atoms with E-state index in [2.05, 4.69) is 4.99 Å². The molecule has 1 amide bonds. The van der Waals surface area contributed by atoms with Gasteiger partial charge in [0.25, 0.3) is 0 Å². The summed E-state index contributed by atoms with van der Waals surface area (Å²) in [5.74, 6) is 0.322. The largest absolute Gasteiger partial charge is 0.380 e. The van der Waals surface area contributed by atoms with Crippen molar-refractivity contribution >= 4 is 27.5 Å². The number of nitrogens with zero attached hydrogens (tertiary/aromatic N) is 2. The maximum atomic E-state index is 13.5. The topological polar surface area (TPSA) is 43.6 Å². The molecule has 0 atom stereocenters. The zero-order valence-electron chi connectivity index (χ0n) is 15.4. The molecule has 1 aromatic heterocycles. The summed E-state index contributed by atoms with van der Waals surface area (Å²) in [5.41, 5.74) is 0.898. The molecule has 1 fully saturated rings. The van der Waals surface area contributed by atoms with Gasteiger partial charge in [-0.05, 0) is 37.5 Å². The molecule has 1 saturated carbocycles. The van der Waals surface area contributed by atoms with Crippen LogP contribution in [0, 0.1) is 11.7 Å². The van der Waals surface area contributed by atoms with E-state index >= 15 is 0 Å². The van der Waals surface area contributed by atoms with E-state index in [0.717, 1.165) is 16.6 Å². The van der Waals surface area contributed by atoms with Crippen LogP contribution < -0.4 is 4.80 Å². The number of rotatable bonds is 7. The third kappa shape index (κ3) is 5.01. The Hall–Kier alpha value is -1.53. The van der Waals surface area contributed by atoms with Gasteiger partial charge in [-0.1, -0.05) is 43.4 Å². The van der Waals surface area contributed by atoms with Crippen molar-refractivity contribution in [2.45, 2.75) is 58.4 Å². The third-order valence-electron chi connectivity index (χ3n) is 5.02. The zero-order chi connectivity index (χ0) is 18.4. The molecule has 142 valence electrons. The number of aromatic nitrogens is 1. The Morgan fingerprint density at radius 2 is 2.15 bits per heavy atom. The quantitative estimate of drug-likeness (QED) is 0.657. The van der Waals surface area contributed by atoms with E-state index in [1.54, 1.807) is 6.07 Å². The van der Waals surface area contributed by atoms with E-state index in [1.165, 1.54) is 55.6 Å². The van der Waals surface area contributed by atoms with Crippen molar-refractivity contribution in [3.8, 4) is 0 Å². The van der Waals surface area contributed by atoms with Crippen LogP contribution in [0.2, 0.25) is 0 Å². The van der Waals surface area contributed by atoms with Gasteiger partial charge in [0.2, 0.25) is 5.91 Å². The van der Waals surface area contributed by atoms with E-state index in [9.17, 15) is 9.18 Å². The first-order valence-corrected chi connectivity index (χ1v) is 10.4. The molecular formula is C20H27FN2O2S. The van der Waals surface area contributed by atoms with E-state index < -0.39 is 0 Å². The maximum Gasteiger partial charge on any atom is 0.248 e. The van der Waals surface area contributed by atoms with Crippen molar-refractivity contribution < 1.29 is 13.9 Å². The van der Waals surface area contributed by atoms with Crippen molar-refractivity contribution in [2.24, 2.45) is 10.9 Å². The van der Waals surface area contributed by atoms with Crippen LogP contribution in [-0.2, 0) is 16.1 Å². The van der Waals surface area contributed by atoms with E-state index in [-0.39, 0.29) is 11.7 Å². The molecule has 0 radical (unpaired) electrons.